The highest BCUT2D eigenvalue weighted by Crippen LogP contribution is 2.27. The normalized spacial score (nSPS) is 12.9. The van der Waals surface area contributed by atoms with Crippen LogP contribution in [0.25, 0.3) is 0 Å². The van der Waals surface area contributed by atoms with Gasteiger partial charge in [-0.2, -0.15) is 0 Å². The van der Waals surface area contributed by atoms with Crippen molar-refractivity contribution >= 4 is 0 Å². The lowest BCUT2D eigenvalue weighted by Crippen LogP contribution is -2.20. The molecule has 0 aliphatic rings. The maximum atomic E-state index is 13.4. The van der Waals surface area contributed by atoms with Gasteiger partial charge in [0, 0.05) is 12.6 Å². The van der Waals surface area contributed by atoms with Crippen molar-refractivity contribution in [3.05, 3.63) is 29.6 Å². The molecule has 0 saturated heterocycles. The van der Waals surface area contributed by atoms with E-state index in [1.165, 1.54) is 19.2 Å². The highest BCUT2D eigenvalue weighted by atomic mass is 19.3. The molecular weight excluding hydrogens is 207 g/mol. The molecule has 1 unspecified atom stereocenters. The summed E-state index contributed by atoms with van der Waals surface area (Å²) in [5.41, 5.74) is 5.09. The summed E-state index contributed by atoms with van der Waals surface area (Å²) in [4.78, 5) is 0. The topological polar surface area (TPSA) is 35.2 Å². The van der Waals surface area contributed by atoms with E-state index in [9.17, 15) is 13.2 Å². The Morgan fingerprint density at radius 3 is 2.47 bits per heavy atom. The Labute approximate surface area is 85.8 Å². The van der Waals surface area contributed by atoms with Crippen LogP contribution in [0.4, 0.5) is 13.2 Å². The molecule has 0 spiro atoms. The van der Waals surface area contributed by atoms with Crippen molar-refractivity contribution < 1.29 is 17.9 Å². The van der Waals surface area contributed by atoms with Crippen LogP contribution in [0.15, 0.2) is 18.2 Å². The van der Waals surface area contributed by atoms with Gasteiger partial charge in [0.2, 0.25) is 6.43 Å². The van der Waals surface area contributed by atoms with Crippen LogP contribution in [0.3, 0.4) is 0 Å². The van der Waals surface area contributed by atoms with Crippen molar-refractivity contribution in [1.29, 1.82) is 0 Å². The van der Waals surface area contributed by atoms with E-state index < -0.39 is 18.2 Å². The molecule has 0 heterocycles. The zero-order chi connectivity index (χ0) is 11.4. The third kappa shape index (κ3) is 2.62. The Bertz CT molecular complexity index is 330. The van der Waals surface area contributed by atoms with Gasteiger partial charge in [-0.1, -0.05) is 6.07 Å². The minimum Gasteiger partial charge on any atom is -0.497 e. The summed E-state index contributed by atoms with van der Waals surface area (Å²) < 4.78 is 43.1. The Morgan fingerprint density at radius 2 is 2.07 bits per heavy atom. The highest BCUT2D eigenvalue weighted by molar-refractivity contribution is 5.31. The predicted molar refractivity (Wildman–Crippen MR) is 50.8 cm³/mol. The number of hydrogen-bond donors (Lipinski definition) is 1. The van der Waals surface area contributed by atoms with E-state index in [0.29, 0.717) is 5.75 Å². The average molecular weight is 219 g/mol. The van der Waals surface area contributed by atoms with Crippen LogP contribution >= 0.6 is 0 Å². The molecule has 0 aliphatic carbocycles. The van der Waals surface area contributed by atoms with Gasteiger partial charge < -0.3 is 10.5 Å². The van der Waals surface area contributed by atoms with Crippen LogP contribution in [0.2, 0.25) is 0 Å². The molecule has 1 aromatic carbocycles. The molecule has 0 radical (unpaired) electrons. The lowest BCUT2D eigenvalue weighted by Gasteiger charge is -2.15. The van der Waals surface area contributed by atoms with Gasteiger partial charge in [0.15, 0.2) is 0 Å². The number of hydrogen-bond acceptors (Lipinski definition) is 2. The molecule has 1 atom stereocenters. The first-order valence-electron chi connectivity index (χ1n) is 4.41. The van der Waals surface area contributed by atoms with Crippen molar-refractivity contribution in [2.75, 3.05) is 13.7 Å². The van der Waals surface area contributed by atoms with Crippen molar-refractivity contribution in [2.24, 2.45) is 5.73 Å². The summed E-state index contributed by atoms with van der Waals surface area (Å²) in [6.07, 6.45) is -2.67. The fourth-order valence-electron chi connectivity index (χ4n) is 1.30. The molecule has 2 nitrogen and oxygen atoms in total. The van der Waals surface area contributed by atoms with Crippen LogP contribution < -0.4 is 10.5 Å². The molecule has 1 aromatic rings. The van der Waals surface area contributed by atoms with Gasteiger partial charge >= 0.3 is 0 Å². The number of rotatable bonds is 4. The molecule has 2 N–H and O–H groups in total. The lowest BCUT2D eigenvalue weighted by atomic mass is 9.99. The van der Waals surface area contributed by atoms with Crippen molar-refractivity contribution in [3.8, 4) is 5.75 Å². The van der Waals surface area contributed by atoms with E-state index in [0.717, 1.165) is 6.07 Å². The summed E-state index contributed by atoms with van der Waals surface area (Å²) in [7, 11) is 1.38. The van der Waals surface area contributed by atoms with Gasteiger partial charge in [-0.15, -0.1) is 0 Å². The quantitative estimate of drug-likeness (QED) is 0.842. The van der Waals surface area contributed by atoms with Crippen LogP contribution in [0.1, 0.15) is 11.5 Å². The van der Waals surface area contributed by atoms with E-state index in [2.05, 4.69) is 0 Å². The third-order valence-corrected chi connectivity index (χ3v) is 2.17. The number of alkyl halides is 2. The van der Waals surface area contributed by atoms with Crippen LogP contribution in [-0.4, -0.2) is 20.1 Å². The first kappa shape index (κ1) is 11.8. The van der Waals surface area contributed by atoms with Gasteiger partial charge in [-0.3, -0.25) is 0 Å². The molecule has 1 rings (SSSR count). The summed E-state index contributed by atoms with van der Waals surface area (Å²) in [5, 5.41) is 0. The molecule has 0 aromatic heterocycles. The first-order valence-corrected chi connectivity index (χ1v) is 4.41. The van der Waals surface area contributed by atoms with Crippen molar-refractivity contribution in [3.63, 3.8) is 0 Å². The number of halogens is 3. The van der Waals surface area contributed by atoms with Gasteiger partial charge in [0.25, 0.3) is 0 Å². The zero-order valence-electron chi connectivity index (χ0n) is 8.21. The van der Waals surface area contributed by atoms with Gasteiger partial charge in [-0.05, 0) is 11.6 Å². The zero-order valence-corrected chi connectivity index (χ0v) is 8.21. The second kappa shape index (κ2) is 5.02. The SMILES string of the molecule is COc1ccc(C(CN)C(F)F)c(F)c1. The monoisotopic (exact) mass is 219 g/mol. The molecule has 0 saturated carbocycles. The molecular formula is C10H12F3NO. The molecule has 0 bridgehead atoms. The van der Waals surface area contributed by atoms with E-state index in [1.54, 1.807) is 0 Å². The van der Waals surface area contributed by atoms with Gasteiger partial charge in [0.1, 0.15) is 11.6 Å². The fraction of sp³-hybridized carbons (Fsp3) is 0.400. The standard InChI is InChI=1S/C10H12F3NO/c1-15-6-2-3-7(9(11)4-6)8(5-14)10(12)13/h2-4,8,10H,5,14H2,1H3. The van der Waals surface area contributed by atoms with Crippen LogP contribution in [-0.2, 0) is 0 Å². The molecule has 0 aliphatic heterocycles. The Morgan fingerprint density at radius 1 is 1.40 bits per heavy atom. The van der Waals surface area contributed by atoms with E-state index in [4.69, 9.17) is 10.5 Å². The summed E-state index contributed by atoms with van der Waals surface area (Å²) in [6.45, 7) is -0.291. The predicted octanol–water partition coefficient (Wildman–Crippen LogP) is 2.14. The van der Waals surface area contributed by atoms with Gasteiger partial charge in [0.05, 0.1) is 13.0 Å². The maximum absolute atomic E-state index is 13.4. The molecule has 15 heavy (non-hydrogen) atoms. The number of nitrogens with two attached hydrogens (primary N) is 1. The van der Waals surface area contributed by atoms with Crippen LogP contribution in [0, 0.1) is 5.82 Å². The Kier molecular flexibility index (Phi) is 3.96. The highest BCUT2D eigenvalue weighted by Gasteiger charge is 2.23. The lowest BCUT2D eigenvalue weighted by molar-refractivity contribution is 0.115. The van der Waals surface area contributed by atoms with E-state index >= 15 is 0 Å². The second-order valence-corrected chi connectivity index (χ2v) is 3.06. The fourth-order valence-corrected chi connectivity index (χ4v) is 1.30. The van der Waals surface area contributed by atoms with Crippen molar-refractivity contribution in [2.45, 2.75) is 12.3 Å². The number of ether oxygens (including phenoxy) is 1. The summed E-state index contributed by atoms with van der Waals surface area (Å²) in [5.74, 6) is -1.69. The minimum absolute atomic E-state index is 0.0756. The largest absolute Gasteiger partial charge is 0.497 e. The first-order chi connectivity index (χ1) is 7.10. The Hall–Kier alpha value is -1.23. The average Bonchev–Trinajstić information content (AvgIpc) is 2.20. The number of benzene rings is 1. The summed E-state index contributed by atoms with van der Waals surface area (Å²) in [6, 6.07) is 3.78. The molecule has 0 fully saturated rings. The van der Waals surface area contributed by atoms with E-state index in [-0.39, 0.29) is 12.1 Å². The number of methoxy groups -OCH3 is 1. The smallest absolute Gasteiger partial charge is 0.246 e. The minimum atomic E-state index is -2.67. The molecule has 84 valence electrons. The van der Waals surface area contributed by atoms with E-state index in [1.807, 2.05) is 0 Å². The third-order valence-electron chi connectivity index (χ3n) is 2.17. The molecule has 0 amide bonds. The van der Waals surface area contributed by atoms with Crippen LogP contribution in [0.5, 0.6) is 5.75 Å². The van der Waals surface area contributed by atoms with Crippen molar-refractivity contribution in [1.82, 2.24) is 0 Å². The van der Waals surface area contributed by atoms with Gasteiger partial charge in [-0.25, -0.2) is 13.2 Å². The second-order valence-electron chi connectivity index (χ2n) is 3.06. The maximum Gasteiger partial charge on any atom is 0.246 e. The molecule has 5 heteroatoms. The summed E-state index contributed by atoms with van der Waals surface area (Å²) >= 11 is 0. The Balaban J connectivity index is 3.03.